The molecule has 2 saturated heterocycles. The van der Waals surface area contributed by atoms with Crippen LogP contribution in [-0.4, -0.2) is 89.0 Å². The lowest BCUT2D eigenvalue weighted by atomic mass is 9.97. The molecule has 8 rings (SSSR count). The SMILES string of the molecule is CC.CC(c1cccc(C=O)n1)N1CC(n2ncc3c2CN(C)c2c(NC(/C=C(\N)NC(=O)C4CC4)=C(/N)C(=O)NC4CC4)cccc2-3)C1.CN1CCCC1. The molecule has 0 spiro atoms. The van der Waals surface area contributed by atoms with Crippen molar-refractivity contribution >= 4 is 29.5 Å². The Morgan fingerprint density at radius 2 is 1.67 bits per heavy atom. The Bertz CT molecular complexity index is 1920. The highest BCUT2D eigenvalue weighted by Gasteiger charge is 2.37. The van der Waals surface area contributed by atoms with Crippen LogP contribution in [0.25, 0.3) is 11.1 Å². The van der Waals surface area contributed by atoms with E-state index >= 15 is 0 Å². The lowest BCUT2D eigenvalue weighted by Gasteiger charge is -2.44. The zero-order chi connectivity index (χ0) is 39.2. The standard InChI is InChI=1S/C34H40N10O3.C5H11N.C2H6/c1-19(26-7-3-5-22(18-45)38-26)43-15-23(16-43)44-29-17-42(2)32-24(25(29)14-37-44)6-4-8-27(32)40-28(31(36)34(47)39-21-11-12-21)13-30(35)41-33(46)20-9-10-20;1-6-4-2-3-5-6;1-2/h3-8,13-14,18-21,23,40H,9-12,15-17,35-36H2,1-2H3,(H,39,47)(H,41,46);2-5H2,1H3;1-2H3/b30-13+,31-28+;;. The van der Waals surface area contributed by atoms with Gasteiger partial charge in [0.15, 0.2) is 6.29 Å². The monoisotopic (exact) mass is 751 g/mol. The summed E-state index contributed by atoms with van der Waals surface area (Å²) >= 11 is 0. The van der Waals surface area contributed by atoms with Crippen molar-refractivity contribution < 1.29 is 14.4 Å². The van der Waals surface area contributed by atoms with Gasteiger partial charge in [-0.05, 0) is 83.8 Å². The topological polar surface area (TPSA) is 180 Å². The highest BCUT2D eigenvalue weighted by molar-refractivity contribution is 5.96. The number of nitrogens with one attached hydrogen (secondary N) is 3. The van der Waals surface area contributed by atoms with E-state index in [9.17, 15) is 14.4 Å². The molecule has 4 fully saturated rings. The molecule has 1 atom stereocenters. The smallest absolute Gasteiger partial charge is 0.269 e. The van der Waals surface area contributed by atoms with E-state index in [1.807, 2.05) is 51.4 Å². The van der Waals surface area contributed by atoms with Gasteiger partial charge in [-0.15, -0.1) is 0 Å². The third kappa shape index (κ3) is 9.37. The number of pyridine rings is 1. The highest BCUT2D eigenvalue weighted by Crippen LogP contribution is 2.45. The van der Waals surface area contributed by atoms with Gasteiger partial charge in [0.2, 0.25) is 5.91 Å². The third-order valence-electron chi connectivity index (χ3n) is 10.7. The van der Waals surface area contributed by atoms with Gasteiger partial charge in [-0.1, -0.05) is 32.0 Å². The second-order valence-electron chi connectivity index (χ2n) is 15.0. The summed E-state index contributed by atoms with van der Waals surface area (Å²) in [5.41, 5.74) is 19.1. The molecule has 2 amide bonds. The predicted octanol–water partition coefficient (Wildman–Crippen LogP) is 4.25. The van der Waals surface area contributed by atoms with Gasteiger partial charge >= 0.3 is 0 Å². The number of nitrogens with zero attached hydrogens (tertiary/aromatic N) is 6. The average molecular weight is 752 g/mol. The molecule has 14 nitrogen and oxygen atoms in total. The lowest BCUT2D eigenvalue weighted by molar-refractivity contribution is -0.121. The highest BCUT2D eigenvalue weighted by atomic mass is 16.2. The molecule has 294 valence electrons. The molecular formula is C41H57N11O3. The number of hydrogen-bond donors (Lipinski definition) is 5. The summed E-state index contributed by atoms with van der Waals surface area (Å²) in [4.78, 5) is 47.9. The third-order valence-corrected chi connectivity index (χ3v) is 10.7. The van der Waals surface area contributed by atoms with Crippen molar-refractivity contribution in [2.45, 2.75) is 84.0 Å². The number of rotatable bonds is 11. The second-order valence-corrected chi connectivity index (χ2v) is 15.0. The number of likely N-dealkylation sites (tertiary alicyclic amines) is 2. The number of para-hydroxylation sites is 1. The number of carbonyl (C=O) groups excluding carboxylic acids is 3. The molecule has 2 aromatic heterocycles. The average Bonchev–Trinajstić information content (AvgIpc) is 4.10. The largest absolute Gasteiger partial charge is 0.393 e. The first kappa shape index (κ1) is 39.5. The Morgan fingerprint density at radius 3 is 2.31 bits per heavy atom. The predicted molar refractivity (Wildman–Crippen MR) is 216 cm³/mol. The maximum absolute atomic E-state index is 13.0. The fraction of sp³-hybridized carbons (Fsp3) is 0.488. The summed E-state index contributed by atoms with van der Waals surface area (Å²) in [5, 5.41) is 13.9. The Balaban J connectivity index is 0.000000580. The van der Waals surface area contributed by atoms with Crippen LogP contribution < -0.4 is 32.3 Å². The molecule has 2 aliphatic carbocycles. The minimum absolute atomic E-state index is 0.0121. The summed E-state index contributed by atoms with van der Waals surface area (Å²) in [6.07, 6.45) is 10.6. The van der Waals surface area contributed by atoms with Gasteiger partial charge in [-0.2, -0.15) is 5.10 Å². The van der Waals surface area contributed by atoms with E-state index < -0.39 is 0 Å². The van der Waals surface area contributed by atoms with Crippen molar-refractivity contribution in [2.24, 2.45) is 17.4 Å². The van der Waals surface area contributed by atoms with Crippen LogP contribution in [0.4, 0.5) is 11.4 Å². The number of hydrogen-bond acceptors (Lipinski definition) is 11. The van der Waals surface area contributed by atoms with Gasteiger partial charge in [0.05, 0.1) is 47.2 Å². The van der Waals surface area contributed by atoms with Gasteiger partial charge in [-0.25, -0.2) is 4.98 Å². The Kier molecular flexibility index (Phi) is 12.6. The summed E-state index contributed by atoms with van der Waals surface area (Å²) in [5.74, 6) is -0.422. The van der Waals surface area contributed by atoms with Crippen LogP contribution in [0.3, 0.4) is 0 Å². The van der Waals surface area contributed by atoms with Crippen molar-refractivity contribution in [2.75, 3.05) is 50.5 Å². The second kappa shape index (κ2) is 17.5. The van der Waals surface area contributed by atoms with E-state index in [2.05, 4.69) is 60.4 Å². The number of carbonyl (C=O) groups is 3. The van der Waals surface area contributed by atoms with E-state index in [1.54, 1.807) is 6.07 Å². The van der Waals surface area contributed by atoms with Crippen molar-refractivity contribution in [3.8, 4) is 11.1 Å². The van der Waals surface area contributed by atoms with E-state index in [-0.39, 0.29) is 47.4 Å². The molecule has 1 unspecified atom stereocenters. The minimum Gasteiger partial charge on any atom is -0.393 e. The molecule has 3 aromatic rings. The van der Waals surface area contributed by atoms with Crippen LogP contribution in [-0.2, 0) is 16.1 Å². The molecule has 1 aromatic carbocycles. The van der Waals surface area contributed by atoms with Crippen molar-refractivity contribution in [3.05, 3.63) is 83.0 Å². The van der Waals surface area contributed by atoms with Crippen LogP contribution >= 0.6 is 0 Å². The molecule has 55 heavy (non-hydrogen) atoms. The maximum atomic E-state index is 13.0. The Labute approximate surface area is 324 Å². The normalized spacial score (nSPS) is 19.2. The summed E-state index contributed by atoms with van der Waals surface area (Å²) in [6.45, 7) is 11.0. The number of aldehydes is 1. The van der Waals surface area contributed by atoms with Crippen LogP contribution in [0.15, 0.2) is 65.9 Å². The van der Waals surface area contributed by atoms with Gasteiger partial charge in [0, 0.05) is 55.3 Å². The molecule has 5 aliphatic rings. The van der Waals surface area contributed by atoms with Crippen LogP contribution in [0, 0.1) is 5.92 Å². The molecule has 14 heteroatoms. The fourth-order valence-electron chi connectivity index (χ4n) is 7.17. The fourth-order valence-corrected chi connectivity index (χ4v) is 7.17. The van der Waals surface area contributed by atoms with E-state index in [0.29, 0.717) is 17.9 Å². The molecule has 3 aliphatic heterocycles. The minimum atomic E-state index is -0.384. The number of nitrogens with two attached hydrogens (primary N) is 2. The zero-order valence-corrected chi connectivity index (χ0v) is 32.8. The van der Waals surface area contributed by atoms with Gasteiger partial charge in [0.25, 0.3) is 5.91 Å². The van der Waals surface area contributed by atoms with Gasteiger partial charge in [-0.3, -0.25) is 24.0 Å². The molecule has 2 saturated carbocycles. The molecule has 0 radical (unpaired) electrons. The Morgan fingerprint density at radius 1 is 0.964 bits per heavy atom. The molecule has 7 N–H and O–H groups in total. The molecule has 5 heterocycles. The number of fused-ring (bicyclic) bond motifs is 3. The molecular weight excluding hydrogens is 695 g/mol. The Hall–Kier alpha value is -5.21. The summed E-state index contributed by atoms with van der Waals surface area (Å²) < 4.78 is 2.13. The summed E-state index contributed by atoms with van der Waals surface area (Å²) in [7, 11) is 4.20. The number of aromatic nitrogens is 3. The molecule has 0 bridgehead atoms. The maximum Gasteiger partial charge on any atom is 0.269 e. The van der Waals surface area contributed by atoms with Gasteiger partial charge < -0.3 is 37.2 Å². The number of allylic oxidation sites excluding steroid dienone is 1. The first-order chi connectivity index (χ1) is 26.6. The first-order valence-corrected chi connectivity index (χ1v) is 19.7. The number of amides is 2. The van der Waals surface area contributed by atoms with E-state index in [0.717, 1.165) is 78.9 Å². The van der Waals surface area contributed by atoms with Gasteiger partial charge in [0.1, 0.15) is 17.2 Å². The van der Waals surface area contributed by atoms with Crippen molar-refractivity contribution in [1.82, 2.24) is 35.2 Å². The first-order valence-electron chi connectivity index (χ1n) is 19.7. The van der Waals surface area contributed by atoms with Crippen LogP contribution in [0.1, 0.15) is 93.3 Å². The van der Waals surface area contributed by atoms with Crippen molar-refractivity contribution in [1.29, 1.82) is 0 Å². The summed E-state index contributed by atoms with van der Waals surface area (Å²) in [6, 6.07) is 11.9. The number of benzene rings is 1. The van der Waals surface area contributed by atoms with E-state index in [4.69, 9.17) is 16.6 Å². The zero-order valence-electron chi connectivity index (χ0n) is 32.8. The van der Waals surface area contributed by atoms with Crippen LogP contribution in [0.5, 0.6) is 0 Å². The van der Waals surface area contributed by atoms with Crippen LogP contribution in [0.2, 0.25) is 0 Å². The number of anilines is 2. The van der Waals surface area contributed by atoms with E-state index in [1.165, 1.54) is 32.0 Å². The quantitative estimate of drug-likeness (QED) is 0.107. The van der Waals surface area contributed by atoms with Crippen molar-refractivity contribution in [3.63, 3.8) is 0 Å². The lowest BCUT2D eigenvalue weighted by Crippen LogP contribution is -2.49.